The average Bonchev–Trinajstić information content (AvgIpc) is 2.99. The topological polar surface area (TPSA) is 55.4 Å². The van der Waals surface area contributed by atoms with E-state index >= 15 is 0 Å². The summed E-state index contributed by atoms with van der Waals surface area (Å²) in [4.78, 5) is 24.5. The van der Waals surface area contributed by atoms with Crippen LogP contribution in [-0.4, -0.2) is 30.3 Å². The maximum absolute atomic E-state index is 11.7. The van der Waals surface area contributed by atoms with Crippen molar-refractivity contribution >= 4 is 23.6 Å². The number of thioether (sulfide) groups is 1. The van der Waals surface area contributed by atoms with Gasteiger partial charge in [0.25, 0.3) is 5.91 Å². The van der Waals surface area contributed by atoms with Crippen LogP contribution in [0.1, 0.15) is 36.8 Å². The number of aryl methyl sites for hydroxylation is 2. The Morgan fingerprint density at radius 1 is 1.27 bits per heavy atom. The molecule has 0 radical (unpaired) electrons. The van der Waals surface area contributed by atoms with Crippen LogP contribution in [0.4, 0.5) is 0 Å². The van der Waals surface area contributed by atoms with Gasteiger partial charge in [-0.05, 0) is 38.3 Å². The lowest BCUT2D eigenvalue weighted by molar-refractivity contribution is -0.146. The molecule has 1 amide bonds. The highest BCUT2D eigenvalue weighted by molar-refractivity contribution is 8.00. The second-order valence-electron chi connectivity index (χ2n) is 5.77. The molecule has 22 heavy (non-hydrogen) atoms. The maximum Gasteiger partial charge on any atom is 0.316 e. The van der Waals surface area contributed by atoms with Gasteiger partial charge in [-0.25, -0.2) is 0 Å². The molecule has 0 unspecified atom stereocenters. The smallest absolute Gasteiger partial charge is 0.316 e. The summed E-state index contributed by atoms with van der Waals surface area (Å²) in [5.41, 5.74) is 2.31. The van der Waals surface area contributed by atoms with Crippen molar-refractivity contribution in [2.24, 2.45) is 0 Å². The van der Waals surface area contributed by atoms with E-state index in [1.165, 1.54) is 11.8 Å². The predicted molar refractivity (Wildman–Crippen MR) is 88.0 cm³/mol. The van der Waals surface area contributed by atoms with Gasteiger partial charge < -0.3 is 10.1 Å². The van der Waals surface area contributed by atoms with Gasteiger partial charge in [-0.15, -0.1) is 11.8 Å². The Morgan fingerprint density at radius 2 is 2.00 bits per heavy atom. The summed E-state index contributed by atoms with van der Waals surface area (Å²) < 4.78 is 5.03. The molecule has 0 bridgehead atoms. The van der Waals surface area contributed by atoms with E-state index in [0.29, 0.717) is 0 Å². The summed E-state index contributed by atoms with van der Waals surface area (Å²) in [6.45, 7) is 3.86. The lowest BCUT2D eigenvalue weighted by Gasteiger charge is -2.12. The molecule has 1 N–H and O–H groups in total. The number of carbonyl (C=O) groups excluding carboxylic acids is 2. The van der Waals surface area contributed by atoms with Crippen molar-refractivity contribution in [3.63, 3.8) is 0 Å². The molecule has 0 saturated heterocycles. The molecule has 1 aromatic rings. The number of ether oxygens (including phenoxy) is 1. The first kappa shape index (κ1) is 16.9. The minimum absolute atomic E-state index is 0.178. The fourth-order valence-electron chi connectivity index (χ4n) is 2.53. The van der Waals surface area contributed by atoms with Gasteiger partial charge in [-0.3, -0.25) is 9.59 Å². The molecule has 5 heteroatoms. The molecule has 0 aliphatic heterocycles. The molecule has 1 aliphatic carbocycles. The monoisotopic (exact) mass is 321 g/mol. The lowest BCUT2D eigenvalue weighted by atomic mass is 10.2. The third-order valence-corrected chi connectivity index (χ3v) is 4.90. The van der Waals surface area contributed by atoms with Crippen LogP contribution in [0.25, 0.3) is 0 Å². The number of nitrogens with one attached hydrogen (secondary N) is 1. The molecule has 0 heterocycles. The fourth-order valence-corrected chi connectivity index (χ4v) is 3.45. The van der Waals surface area contributed by atoms with Gasteiger partial charge in [0, 0.05) is 10.9 Å². The van der Waals surface area contributed by atoms with Crippen LogP contribution in [0.5, 0.6) is 0 Å². The third kappa shape index (κ3) is 5.37. The largest absolute Gasteiger partial charge is 0.455 e. The summed E-state index contributed by atoms with van der Waals surface area (Å²) in [7, 11) is 0. The number of benzene rings is 1. The minimum atomic E-state index is -0.354. The van der Waals surface area contributed by atoms with Gasteiger partial charge >= 0.3 is 5.97 Å². The predicted octanol–water partition coefficient (Wildman–Crippen LogP) is 3.00. The average molecular weight is 321 g/mol. The second kappa shape index (κ2) is 8.22. The Kier molecular flexibility index (Phi) is 6.31. The van der Waals surface area contributed by atoms with Crippen LogP contribution in [0.3, 0.4) is 0 Å². The zero-order valence-electron chi connectivity index (χ0n) is 13.2. The van der Waals surface area contributed by atoms with Crippen molar-refractivity contribution in [1.29, 1.82) is 0 Å². The number of amides is 1. The third-order valence-electron chi connectivity index (χ3n) is 3.77. The van der Waals surface area contributed by atoms with Crippen molar-refractivity contribution in [1.82, 2.24) is 5.32 Å². The van der Waals surface area contributed by atoms with E-state index < -0.39 is 0 Å². The highest BCUT2D eigenvalue weighted by atomic mass is 32.2. The quantitative estimate of drug-likeness (QED) is 0.646. The Labute approximate surface area is 136 Å². The van der Waals surface area contributed by atoms with E-state index in [1.54, 1.807) is 0 Å². The van der Waals surface area contributed by atoms with Gasteiger partial charge in [-0.1, -0.05) is 30.5 Å². The molecule has 1 aliphatic rings. The summed E-state index contributed by atoms with van der Waals surface area (Å²) in [5.74, 6) is -0.328. The molecule has 4 nitrogen and oxygen atoms in total. The number of carbonyl (C=O) groups is 2. The van der Waals surface area contributed by atoms with Crippen LogP contribution in [0, 0.1) is 13.8 Å². The highest BCUT2D eigenvalue weighted by Crippen LogP contribution is 2.23. The second-order valence-corrected chi connectivity index (χ2v) is 6.78. The molecule has 2 rings (SSSR count). The first-order valence-corrected chi connectivity index (χ1v) is 8.68. The molecule has 0 spiro atoms. The van der Waals surface area contributed by atoms with Gasteiger partial charge in [0.1, 0.15) is 0 Å². The zero-order chi connectivity index (χ0) is 15.9. The standard InChI is InChI=1S/C17H23NO3S/c1-12-7-8-13(2)15(9-12)22-11-17(20)21-10-16(19)18-14-5-3-4-6-14/h7-9,14H,3-6,10-11H2,1-2H3,(H,18,19). The van der Waals surface area contributed by atoms with Gasteiger partial charge in [0.05, 0.1) is 5.75 Å². The number of esters is 1. The lowest BCUT2D eigenvalue weighted by Crippen LogP contribution is -2.36. The van der Waals surface area contributed by atoms with E-state index in [0.717, 1.165) is 41.7 Å². The SMILES string of the molecule is Cc1ccc(C)c(SCC(=O)OCC(=O)NC2CCCC2)c1. The van der Waals surface area contributed by atoms with E-state index in [-0.39, 0.29) is 30.3 Å². The number of hydrogen-bond acceptors (Lipinski definition) is 4. The summed E-state index contributed by atoms with van der Waals surface area (Å²) in [6.07, 6.45) is 4.39. The minimum Gasteiger partial charge on any atom is -0.455 e. The Hall–Kier alpha value is -1.49. The van der Waals surface area contributed by atoms with Crippen molar-refractivity contribution in [2.75, 3.05) is 12.4 Å². The molecule has 0 aromatic heterocycles. The molecular weight excluding hydrogens is 298 g/mol. The Bertz CT molecular complexity index is 539. The maximum atomic E-state index is 11.7. The molecule has 1 saturated carbocycles. The van der Waals surface area contributed by atoms with Gasteiger partial charge in [0.2, 0.25) is 0 Å². The summed E-state index contributed by atoms with van der Waals surface area (Å²) in [6, 6.07) is 6.40. The first-order chi connectivity index (χ1) is 10.5. The van der Waals surface area contributed by atoms with E-state index in [2.05, 4.69) is 11.4 Å². The van der Waals surface area contributed by atoms with E-state index in [4.69, 9.17) is 4.74 Å². The van der Waals surface area contributed by atoms with Crippen LogP contribution in [0.2, 0.25) is 0 Å². The number of rotatable bonds is 6. The number of hydrogen-bond donors (Lipinski definition) is 1. The van der Waals surface area contributed by atoms with Gasteiger partial charge in [0.15, 0.2) is 6.61 Å². The normalized spacial score (nSPS) is 14.8. The van der Waals surface area contributed by atoms with Crippen LogP contribution in [-0.2, 0) is 14.3 Å². The zero-order valence-corrected chi connectivity index (χ0v) is 14.0. The van der Waals surface area contributed by atoms with Crippen molar-refractivity contribution in [3.05, 3.63) is 29.3 Å². The molecular formula is C17H23NO3S. The van der Waals surface area contributed by atoms with Crippen LogP contribution < -0.4 is 5.32 Å². The highest BCUT2D eigenvalue weighted by Gasteiger charge is 2.17. The van der Waals surface area contributed by atoms with Gasteiger partial charge in [-0.2, -0.15) is 0 Å². The first-order valence-electron chi connectivity index (χ1n) is 7.69. The van der Waals surface area contributed by atoms with Crippen LogP contribution in [0.15, 0.2) is 23.1 Å². The molecule has 120 valence electrons. The Morgan fingerprint density at radius 3 is 2.73 bits per heavy atom. The summed E-state index contributed by atoms with van der Waals surface area (Å²) >= 11 is 1.45. The van der Waals surface area contributed by atoms with Crippen molar-refractivity contribution < 1.29 is 14.3 Å². The molecule has 1 aromatic carbocycles. The van der Waals surface area contributed by atoms with Crippen molar-refractivity contribution in [2.45, 2.75) is 50.5 Å². The van der Waals surface area contributed by atoms with Crippen LogP contribution >= 0.6 is 11.8 Å². The van der Waals surface area contributed by atoms with Crippen molar-refractivity contribution in [3.8, 4) is 0 Å². The van der Waals surface area contributed by atoms with E-state index in [9.17, 15) is 9.59 Å². The van der Waals surface area contributed by atoms with E-state index in [1.807, 2.05) is 26.0 Å². The fraction of sp³-hybridized carbons (Fsp3) is 0.529. The Balaban J connectivity index is 1.69. The molecule has 1 fully saturated rings. The molecule has 0 atom stereocenters. The summed E-state index contributed by atoms with van der Waals surface area (Å²) in [5, 5.41) is 2.90.